The Morgan fingerprint density at radius 3 is 2.46 bits per heavy atom. The zero-order valence-electron chi connectivity index (χ0n) is 13.2. The molecule has 0 aliphatic carbocycles. The summed E-state index contributed by atoms with van der Waals surface area (Å²) in [4.78, 5) is 18.9. The smallest absolute Gasteiger partial charge is 0.293 e. The minimum absolute atomic E-state index is 0.130. The number of likely N-dealkylation sites (tertiary alicyclic amines) is 1. The Bertz CT molecular complexity index is 774. The van der Waals surface area contributed by atoms with Crippen LogP contribution < -0.4 is 5.32 Å². The van der Waals surface area contributed by atoms with Gasteiger partial charge in [-0.2, -0.15) is 0 Å². The van der Waals surface area contributed by atoms with Gasteiger partial charge < -0.3 is 10.2 Å². The summed E-state index contributed by atoms with van der Waals surface area (Å²) in [6.45, 7) is 5.26. The van der Waals surface area contributed by atoms with Crippen LogP contribution >= 0.6 is 23.2 Å². The third-order valence-electron chi connectivity index (χ3n) is 4.79. The highest BCUT2D eigenvalue weighted by Gasteiger charge is 2.39. The number of rotatable bonds is 2. The first-order valence-corrected chi connectivity index (χ1v) is 8.68. The van der Waals surface area contributed by atoms with Crippen LogP contribution in [0.15, 0.2) is 18.2 Å². The van der Waals surface area contributed by atoms with Crippen molar-refractivity contribution in [2.45, 2.75) is 6.92 Å². The first kappa shape index (κ1) is 15.9. The second-order valence-electron chi connectivity index (χ2n) is 6.35. The van der Waals surface area contributed by atoms with E-state index in [1.54, 1.807) is 25.1 Å². The number of nitrogens with one attached hydrogen (secondary N) is 1. The molecule has 24 heavy (non-hydrogen) atoms. The number of halogens is 2. The largest absolute Gasteiger partial charge is 0.335 e. The van der Waals surface area contributed by atoms with Crippen molar-refractivity contribution < 1.29 is 4.79 Å². The normalized spacial score (nSPS) is 22.9. The van der Waals surface area contributed by atoms with E-state index in [0.29, 0.717) is 33.4 Å². The fraction of sp³-hybridized carbons (Fsp3) is 0.438. The molecular formula is C16H17Cl2N5O. The van der Waals surface area contributed by atoms with Gasteiger partial charge in [0, 0.05) is 26.2 Å². The molecule has 1 aromatic carbocycles. The second-order valence-corrected chi connectivity index (χ2v) is 7.17. The second kappa shape index (κ2) is 6.02. The van der Waals surface area contributed by atoms with E-state index >= 15 is 0 Å². The lowest BCUT2D eigenvalue weighted by molar-refractivity contribution is 0.0769. The first-order valence-electron chi connectivity index (χ1n) is 7.92. The Hall–Kier alpha value is -1.63. The molecule has 0 radical (unpaired) electrons. The molecule has 1 N–H and O–H groups in total. The van der Waals surface area contributed by atoms with E-state index in [-0.39, 0.29) is 11.7 Å². The number of amides is 1. The predicted octanol–water partition coefficient (Wildman–Crippen LogP) is 2.17. The fourth-order valence-electron chi connectivity index (χ4n) is 3.55. The Morgan fingerprint density at radius 2 is 1.83 bits per heavy atom. The molecule has 0 unspecified atom stereocenters. The molecule has 6 nitrogen and oxygen atoms in total. The van der Waals surface area contributed by atoms with Gasteiger partial charge in [-0.25, -0.2) is 9.67 Å². The standard InChI is InChI=1S/C16H17Cl2N5O/c1-9-20-15(16(24)22-7-10-5-19-6-11(10)8-22)21-23(9)14-12(17)3-2-4-13(14)18/h2-4,10-11,19H,5-8H2,1H3/t10-,11+. The van der Waals surface area contributed by atoms with Gasteiger partial charge in [0.15, 0.2) is 0 Å². The quantitative estimate of drug-likeness (QED) is 0.885. The number of hydrogen-bond acceptors (Lipinski definition) is 4. The summed E-state index contributed by atoms with van der Waals surface area (Å²) in [7, 11) is 0. The van der Waals surface area contributed by atoms with Crippen molar-refractivity contribution in [2.24, 2.45) is 11.8 Å². The van der Waals surface area contributed by atoms with Crippen molar-refractivity contribution in [3.05, 3.63) is 39.9 Å². The number of benzene rings is 1. The molecular weight excluding hydrogens is 349 g/mol. The molecule has 2 aromatic rings. The van der Waals surface area contributed by atoms with Gasteiger partial charge in [-0.3, -0.25) is 4.79 Å². The average Bonchev–Trinajstić information content (AvgIpc) is 3.21. The van der Waals surface area contributed by atoms with E-state index < -0.39 is 0 Å². The lowest BCUT2D eigenvalue weighted by atomic mass is 10.0. The third-order valence-corrected chi connectivity index (χ3v) is 5.40. The maximum atomic E-state index is 12.7. The Morgan fingerprint density at radius 1 is 1.21 bits per heavy atom. The van der Waals surface area contributed by atoms with Gasteiger partial charge >= 0.3 is 0 Å². The molecule has 2 atom stereocenters. The summed E-state index contributed by atoms with van der Waals surface area (Å²) in [6.07, 6.45) is 0. The summed E-state index contributed by atoms with van der Waals surface area (Å²) < 4.78 is 1.54. The molecule has 4 rings (SSSR count). The number of aromatic nitrogens is 3. The van der Waals surface area contributed by atoms with Gasteiger partial charge in [-0.15, -0.1) is 5.10 Å². The maximum absolute atomic E-state index is 12.7. The molecule has 2 saturated heterocycles. The van der Waals surface area contributed by atoms with E-state index in [2.05, 4.69) is 15.4 Å². The Labute approximate surface area is 149 Å². The maximum Gasteiger partial charge on any atom is 0.293 e. The number of hydrogen-bond donors (Lipinski definition) is 1. The lowest BCUT2D eigenvalue weighted by Crippen LogP contribution is -2.32. The average molecular weight is 366 g/mol. The van der Waals surface area contributed by atoms with Crippen LogP contribution in [0.25, 0.3) is 5.69 Å². The highest BCUT2D eigenvalue weighted by atomic mass is 35.5. The molecule has 0 saturated carbocycles. The van der Waals surface area contributed by atoms with Crippen molar-refractivity contribution in [3.8, 4) is 5.69 Å². The van der Waals surface area contributed by atoms with Crippen molar-refractivity contribution in [3.63, 3.8) is 0 Å². The fourth-order valence-corrected chi connectivity index (χ4v) is 4.10. The van der Waals surface area contributed by atoms with Crippen molar-refractivity contribution in [2.75, 3.05) is 26.2 Å². The van der Waals surface area contributed by atoms with E-state index in [4.69, 9.17) is 23.2 Å². The SMILES string of the molecule is Cc1nc(C(=O)N2C[C@H]3CNC[C@H]3C2)nn1-c1c(Cl)cccc1Cl. The molecule has 8 heteroatoms. The summed E-state index contributed by atoms with van der Waals surface area (Å²) in [5.74, 6) is 1.71. The molecule has 126 valence electrons. The van der Waals surface area contributed by atoms with Gasteiger partial charge in [-0.05, 0) is 30.9 Å². The van der Waals surface area contributed by atoms with Crippen LogP contribution in [0.2, 0.25) is 10.0 Å². The van der Waals surface area contributed by atoms with Crippen molar-refractivity contribution in [1.82, 2.24) is 25.0 Å². The number of para-hydroxylation sites is 1. The molecule has 3 heterocycles. The first-order chi connectivity index (χ1) is 11.5. The molecule has 0 bridgehead atoms. The number of aryl methyl sites for hydroxylation is 1. The molecule has 1 amide bonds. The van der Waals surface area contributed by atoms with Gasteiger partial charge in [-0.1, -0.05) is 29.3 Å². The van der Waals surface area contributed by atoms with Crippen molar-refractivity contribution >= 4 is 29.1 Å². The molecule has 2 aliphatic heterocycles. The van der Waals surface area contributed by atoms with Gasteiger partial charge in [0.2, 0.25) is 5.82 Å². The number of carbonyl (C=O) groups is 1. The zero-order valence-corrected chi connectivity index (χ0v) is 14.7. The number of fused-ring (bicyclic) bond motifs is 1. The van der Waals surface area contributed by atoms with E-state index in [1.807, 2.05) is 4.90 Å². The zero-order chi connectivity index (χ0) is 16.8. The number of nitrogens with zero attached hydrogens (tertiary/aromatic N) is 4. The van der Waals surface area contributed by atoms with Crippen molar-refractivity contribution in [1.29, 1.82) is 0 Å². The van der Waals surface area contributed by atoms with Gasteiger partial charge in [0.05, 0.1) is 10.0 Å². The third kappa shape index (κ3) is 2.59. The van der Waals surface area contributed by atoms with Crippen LogP contribution in [-0.2, 0) is 0 Å². The molecule has 2 fully saturated rings. The van der Waals surface area contributed by atoms with Gasteiger partial charge in [0.1, 0.15) is 11.5 Å². The highest BCUT2D eigenvalue weighted by Crippen LogP contribution is 2.30. The van der Waals surface area contributed by atoms with Crippen LogP contribution in [0.5, 0.6) is 0 Å². The van der Waals surface area contributed by atoms with Crippen LogP contribution in [0.4, 0.5) is 0 Å². The summed E-state index contributed by atoms with van der Waals surface area (Å²) in [5, 5.41) is 8.68. The Kier molecular flexibility index (Phi) is 3.98. The van der Waals surface area contributed by atoms with Gasteiger partial charge in [0.25, 0.3) is 5.91 Å². The van der Waals surface area contributed by atoms with Crippen LogP contribution in [-0.4, -0.2) is 51.8 Å². The highest BCUT2D eigenvalue weighted by molar-refractivity contribution is 6.37. The van der Waals surface area contributed by atoms with E-state index in [9.17, 15) is 4.79 Å². The van der Waals surface area contributed by atoms with E-state index in [0.717, 1.165) is 26.2 Å². The summed E-state index contributed by atoms with van der Waals surface area (Å²) >= 11 is 12.5. The van der Waals surface area contributed by atoms with E-state index in [1.165, 1.54) is 4.68 Å². The van der Waals surface area contributed by atoms with Crippen LogP contribution in [0.1, 0.15) is 16.4 Å². The topological polar surface area (TPSA) is 63.1 Å². The number of carbonyl (C=O) groups excluding carboxylic acids is 1. The Balaban J connectivity index is 1.63. The monoisotopic (exact) mass is 365 g/mol. The predicted molar refractivity (Wildman–Crippen MR) is 91.9 cm³/mol. The minimum atomic E-state index is -0.130. The minimum Gasteiger partial charge on any atom is -0.335 e. The molecule has 0 spiro atoms. The van der Waals surface area contributed by atoms with Crippen LogP contribution in [0, 0.1) is 18.8 Å². The summed E-state index contributed by atoms with van der Waals surface area (Å²) in [5.41, 5.74) is 0.548. The lowest BCUT2D eigenvalue weighted by Gasteiger charge is -2.15. The molecule has 1 aromatic heterocycles. The van der Waals surface area contributed by atoms with Crippen LogP contribution in [0.3, 0.4) is 0 Å². The summed E-state index contributed by atoms with van der Waals surface area (Å²) in [6, 6.07) is 5.24. The molecule has 2 aliphatic rings.